The molecule has 0 saturated heterocycles. The number of nitrogens with zero attached hydrogens (tertiary/aromatic N) is 1. The lowest BCUT2D eigenvalue weighted by Gasteiger charge is -2.26. The molecule has 2 N–H and O–H groups in total. The van der Waals surface area contributed by atoms with Crippen molar-refractivity contribution in [1.82, 2.24) is 4.90 Å². The molecular weight excluding hydrogens is 292 g/mol. The normalized spacial score (nSPS) is 10.4. The van der Waals surface area contributed by atoms with Crippen LogP contribution in [-0.2, 0) is 16.1 Å². The summed E-state index contributed by atoms with van der Waals surface area (Å²) in [6.07, 6.45) is 0. The summed E-state index contributed by atoms with van der Waals surface area (Å²) in [5.74, 6) is -1.30. The van der Waals surface area contributed by atoms with Crippen molar-refractivity contribution < 1.29 is 14.7 Å². The third kappa shape index (κ3) is 4.57. The van der Waals surface area contributed by atoms with Gasteiger partial charge in [0.25, 0.3) is 0 Å². The van der Waals surface area contributed by atoms with Gasteiger partial charge < -0.3 is 15.3 Å². The third-order valence-electron chi connectivity index (χ3n) is 3.38. The predicted octanol–water partition coefficient (Wildman–Crippen LogP) is 2.77. The molecule has 0 aromatic heterocycles. The summed E-state index contributed by atoms with van der Waals surface area (Å²) in [6, 6.07) is 15.5. The van der Waals surface area contributed by atoms with Gasteiger partial charge in [0.2, 0.25) is 0 Å². The zero-order chi connectivity index (χ0) is 16.8. The van der Waals surface area contributed by atoms with Crippen LogP contribution in [0.15, 0.2) is 54.6 Å². The van der Waals surface area contributed by atoms with Crippen molar-refractivity contribution in [3.8, 4) is 5.75 Å². The molecule has 2 aromatic rings. The summed E-state index contributed by atoms with van der Waals surface area (Å²) in [5.41, 5.74) is 1.34. The van der Waals surface area contributed by atoms with Crippen molar-refractivity contribution in [3.05, 3.63) is 60.2 Å². The van der Waals surface area contributed by atoms with Gasteiger partial charge in [-0.15, -0.1) is 0 Å². The highest BCUT2D eigenvalue weighted by Gasteiger charge is 2.24. The highest BCUT2D eigenvalue weighted by Crippen LogP contribution is 2.16. The van der Waals surface area contributed by atoms with Gasteiger partial charge in [-0.05, 0) is 31.5 Å². The molecule has 0 aliphatic heterocycles. The molecule has 23 heavy (non-hydrogen) atoms. The van der Waals surface area contributed by atoms with E-state index >= 15 is 0 Å². The van der Waals surface area contributed by atoms with Crippen LogP contribution in [0.4, 0.5) is 5.69 Å². The molecule has 2 rings (SSSR count). The highest BCUT2D eigenvalue weighted by atomic mass is 16.3. The number of rotatable bonds is 4. The van der Waals surface area contributed by atoms with Crippen LogP contribution < -0.4 is 5.32 Å². The number of phenolic OH excluding ortho intramolecular Hbond substituents is 1. The number of hydrogen-bond donors (Lipinski definition) is 2. The molecular formula is C18H20N2O3. The summed E-state index contributed by atoms with van der Waals surface area (Å²) >= 11 is 0. The highest BCUT2D eigenvalue weighted by molar-refractivity contribution is 6.39. The fourth-order valence-electron chi connectivity index (χ4n) is 2.17. The summed E-state index contributed by atoms with van der Waals surface area (Å²) in [5, 5.41) is 11.9. The van der Waals surface area contributed by atoms with Gasteiger partial charge in [-0.1, -0.05) is 36.4 Å². The van der Waals surface area contributed by atoms with Gasteiger partial charge >= 0.3 is 11.8 Å². The molecule has 5 nitrogen and oxygen atoms in total. The fourth-order valence-corrected chi connectivity index (χ4v) is 2.17. The summed E-state index contributed by atoms with van der Waals surface area (Å²) in [7, 11) is 0. The Morgan fingerprint density at radius 2 is 1.78 bits per heavy atom. The zero-order valence-corrected chi connectivity index (χ0v) is 13.2. The van der Waals surface area contributed by atoms with Crippen molar-refractivity contribution in [2.24, 2.45) is 0 Å². The topological polar surface area (TPSA) is 69.6 Å². The Morgan fingerprint density at radius 1 is 1.09 bits per heavy atom. The molecule has 120 valence electrons. The van der Waals surface area contributed by atoms with Crippen LogP contribution >= 0.6 is 0 Å². The van der Waals surface area contributed by atoms with Crippen LogP contribution in [0, 0.1) is 0 Å². The molecule has 0 atom stereocenters. The van der Waals surface area contributed by atoms with E-state index in [0.717, 1.165) is 5.56 Å². The van der Waals surface area contributed by atoms with Gasteiger partial charge in [-0.25, -0.2) is 0 Å². The molecule has 0 spiro atoms. The minimum atomic E-state index is -0.722. The number of amides is 2. The van der Waals surface area contributed by atoms with Crippen LogP contribution in [-0.4, -0.2) is 27.9 Å². The first kappa shape index (κ1) is 16.5. The molecule has 2 amide bonds. The summed E-state index contributed by atoms with van der Waals surface area (Å²) in [4.78, 5) is 26.1. The van der Waals surface area contributed by atoms with Gasteiger partial charge in [0, 0.05) is 24.3 Å². The van der Waals surface area contributed by atoms with E-state index in [1.165, 1.54) is 17.0 Å². The predicted molar refractivity (Wildman–Crippen MR) is 88.9 cm³/mol. The van der Waals surface area contributed by atoms with E-state index in [-0.39, 0.29) is 11.8 Å². The molecule has 5 heteroatoms. The average Bonchev–Trinajstić information content (AvgIpc) is 2.52. The third-order valence-corrected chi connectivity index (χ3v) is 3.38. The molecule has 0 heterocycles. The molecule has 0 unspecified atom stereocenters. The Hall–Kier alpha value is -2.82. The van der Waals surface area contributed by atoms with Crippen LogP contribution in [0.25, 0.3) is 0 Å². The van der Waals surface area contributed by atoms with Gasteiger partial charge in [-0.2, -0.15) is 0 Å². The van der Waals surface area contributed by atoms with Crippen molar-refractivity contribution in [2.75, 3.05) is 5.32 Å². The first-order valence-electron chi connectivity index (χ1n) is 7.42. The Bertz CT molecular complexity index is 684. The van der Waals surface area contributed by atoms with Crippen LogP contribution in [0.3, 0.4) is 0 Å². The minimum absolute atomic E-state index is 0.0280. The lowest BCUT2D eigenvalue weighted by Crippen LogP contribution is -2.43. The molecule has 0 radical (unpaired) electrons. The molecule has 0 fully saturated rings. The fraction of sp³-hybridized carbons (Fsp3) is 0.222. The number of carbonyl (C=O) groups excluding carboxylic acids is 2. The quantitative estimate of drug-likeness (QED) is 0.853. The van der Waals surface area contributed by atoms with Gasteiger partial charge in [-0.3, -0.25) is 9.59 Å². The minimum Gasteiger partial charge on any atom is -0.508 e. The second kappa shape index (κ2) is 7.45. The molecule has 0 saturated carbocycles. The summed E-state index contributed by atoms with van der Waals surface area (Å²) in [6.45, 7) is 4.09. The van der Waals surface area contributed by atoms with E-state index in [1.54, 1.807) is 12.1 Å². The maximum atomic E-state index is 12.4. The van der Waals surface area contributed by atoms with E-state index in [9.17, 15) is 14.7 Å². The Labute approximate surface area is 135 Å². The number of benzene rings is 2. The molecule has 0 aliphatic carbocycles. The van der Waals surface area contributed by atoms with E-state index in [0.29, 0.717) is 12.2 Å². The number of hydrogen-bond acceptors (Lipinski definition) is 3. The van der Waals surface area contributed by atoms with E-state index in [2.05, 4.69) is 5.32 Å². The Morgan fingerprint density at radius 3 is 2.39 bits per heavy atom. The van der Waals surface area contributed by atoms with E-state index in [1.807, 2.05) is 44.2 Å². The monoisotopic (exact) mass is 312 g/mol. The van der Waals surface area contributed by atoms with Crippen LogP contribution in [0.5, 0.6) is 5.75 Å². The molecule has 2 aromatic carbocycles. The number of carbonyl (C=O) groups is 2. The Kier molecular flexibility index (Phi) is 5.36. The standard InChI is InChI=1S/C18H20N2O3/c1-13(2)20(12-14-7-4-3-5-8-14)18(23)17(22)19-15-9-6-10-16(21)11-15/h3-11,13,21H,12H2,1-2H3,(H,19,22). The van der Waals surface area contributed by atoms with Crippen molar-refractivity contribution in [3.63, 3.8) is 0 Å². The van der Waals surface area contributed by atoms with Gasteiger partial charge in [0.1, 0.15) is 5.75 Å². The van der Waals surface area contributed by atoms with E-state index in [4.69, 9.17) is 0 Å². The zero-order valence-electron chi connectivity index (χ0n) is 13.2. The Balaban J connectivity index is 2.09. The van der Waals surface area contributed by atoms with Crippen molar-refractivity contribution in [2.45, 2.75) is 26.4 Å². The largest absolute Gasteiger partial charge is 0.508 e. The van der Waals surface area contributed by atoms with Crippen LogP contribution in [0.1, 0.15) is 19.4 Å². The maximum Gasteiger partial charge on any atom is 0.313 e. The maximum absolute atomic E-state index is 12.4. The van der Waals surface area contributed by atoms with Crippen molar-refractivity contribution >= 4 is 17.5 Å². The van der Waals surface area contributed by atoms with Gasteiger partial charge in [0.15, 0.2) is 0 Å². The lowest BCUT2D eigenvalue weighted by molar-refractivity contribution is -0.144. The first-order chi connectivity index (χ1) is 11.0. The van der Waals surface area contributed by atoms with Crippen molar-refractivity contribution in [1.29, 1.82) is 0 Å². The number of phenols is 1. The smallest absolute Gasteiger partial charge is 0.313 e. The second-order valence-corrected chi connectivity index (χ2v) is 5.52. The second-order valence-electron chi connectivity index (χ2n) is 5.52. The first-order valence-corrected chi connectivity index (χ1v) is 7.42. The lowest BCUT2D eigenvalue weighted by atomic mass is 10.2. The molecule has 0 aliphatic rings. The van der Waals surface area contributed by atoms with E-state index < -0.39 is 11.8 Å². The summed E-state index contributed by atoms with van der Waals surface area (Å²) < 4.78 is 0. The number of aromatic hydroxyl groups is 1. The number of anilines is 1. The number of nitrogens with one attached hydrogen (secondary N) is 1. The van der Waals surface area contributed by atoms with Gasteiger partial charge in [0.05, 0.1) is 0 Å². The average molecular weight is 312 g/mol. The SMILES string of the molecule is CC(C)N(Cc1ccccc1)C(=O)C(=O)Nc1cccc(O)c1. The van der Waals surface area contributed by atoms with Crippen LogP contribution in [0.2, 0.25) is 0 Å². The molecule has 0 bridgehead atoms.